The van der Waals surface area contributed by atoms with Crippen LogP contribution in [0.2, 0.25) is 0 Å². The van der Waals surface area contributed by atoms with E-state index < -0.39 is 0 Å². The first-order valence-electron chi connectivity index (χ1n) is 6.50. The van der Waals surface area contributed by atoms with Gasteiger partial charge in [0.25, 0.3) is 0 Å². The molecular formula is C14H27NO. The molecule has 0 aliphatic carbocycles. The minimum Gasteiger partial charge on any atom is -0.314 e. The number of hydrogen-bond donors (Lipinski definition) is 1. The lowest BCUT2D eigenvalue weighted by Gasteiger charge is -2.16. The van der Waals surface area contributed by atoms with Crippen molar-refractivity contribution >= 4 is 5.78 Å². The average Bonchev–Trinajstić information content (AvgIpc) is 2.27. The molecule has 0 saturated carbocycles. The van der Waals surface area contributed by atoms with Gasteiger partial charge in [-0.3, -0.25) is 4.79 Å². The number of rotatable bonds is 10. The maximum Gasteiger partial charge on any atom is 0.133 e. The molecular weight excluding hydrogens is 198 g/mol. The fourth-order valence-electron chi connectivity index (χ4n) is 1.92. The Hall–Kier alpha value is -0.630. The lowest BCUT2D eigenvalue weighted by Crippen LogP contribution is -2.29. The minimum absolute atomic E-state index is 0.181. The highest BCUT2D eigenvalue weighted by Gasteiger charge is 2.11. The van der Waals surface area contributed by atoms with Crippen LogP contribution in [0.1, 0.15) is 52.9 Å². The van der Waals surface area contributed by atoms with Crippen molar-refractivity contribution in [1.29, 1.82) is 0 Å². The highest BCUT2D eigenvalue weighted by Crippen LogP contribution is 2.12. The zero-order valence-corrected chi connectivity index (χ0v) is 11.1. The molecule has 2 nitrogen and oxygen atoms in total. The molecule has 0 heterocycles. The standard InChI is InChI=1S/C14H27NO/c1-5-9-13(12(4)16)10-8-11-15-14(6-2)7-3/h5,13-15H,1,6-11H2,2-4H3. The van der Waals surface area contributed by atoms with E-state index in [0.717, 1.165) is 25.8 Å². The van der Waals surface area contributed by atoms with E-state index >= 15 is 0 Å². The van der Waals surface area contributed by atoms with Gasteiger partial charge in [0.15, 0.2) is 0 Å². The molecule has 0 aromatic rings. The number of carbonyl (C=O) groups excluding carboxylic acids is 1. The van der Waals surface area contributed by atoms with Crippen molar-refractivity contribution in [3.05, 3.63) is 12.7 Å². The van der Waals surface area contributed by atoms with E-state index in [4.69, 9.17) is 0 Å². The summed E-state index contributed by atoms with van der Waals surface area (Å²) in [6, 6.07) is 0.634. The summed E-state index contributed by atoms with van der Waals surface area (Å²) in [6.45, 7) is 10.8. The first-order valence-corrected chi connectivity index (χ1v) is 6.50. The van der Waals surface area contributed by atoms with Gasteiger partial charge in [-0.2, -0.15) is 0 Å². The van der Waals surface area contributed by atoms with Crippen molar-refractivity contribution in [3.8, 4) is 0 Å². The largest absolute Gasteiger partial charge is 0.314 e. The number of carbonyl (C=O) groups is 1. The summed E-state index contributed by atoms with van der Waals surface area (Å²) in [7, 11) is 0. The summed E-state index contributed by atoms with van der Waals surface area (Å²) in [5, 5.41) is 3.52. The number of ketones is 1. The van der Waals surface area contributed by atoms with Crippen molar-refractivity contribution in [2.75, 3.05) is 6.54 Å². The summed E-state index contributed by atoms with van der Waals surface area (Å²) < 4.78 is 0. The highest BCUT2D eigenvalue weighted by atomic mass is 16.1. The molecule has 1 N–H and O–H groups in total. The van der Waals surface area contributed by atoms with Crippen LogP contribution in [-0.2, 0) is 4.79 Å². The summed E-state index contributed by atoms with van der Waals surface area (Å²) in [4.78, 5) is 11.3. The van der Waals surface area contributed by atoms with Crippen molar-refractivity contribution in [2.24, 2.45) is 5.92 Å². The Labute approximate surface area is 101 Å². The molecule has 0 amide bonds. The Kier molecular flexibility index (Phi) is 9.21. The normalized spacial score (nSPS) is 12.8. The third-order valence-electron chi connectivity index (χ3n) is 3.17. The molecule has 1 atom stereocenters. The van der Waals surface area contributed by atoms with Crippen LogP contribution in [0.15, 0.2) is 12.7 Å². The summed E-state index contributed by atoms with van der Waals surface area (Å²) in [6.07, 6.45) is 7.09. The predicted molar refractivity (Wildman–Crippen MR) is 70.6 cm³/mol. The second kappa shape index (κ2) is 9.59. The van der Waals surface area contributed by atoms with Crippen molar-refractivity contribution in [3.63, 3.8) is 0 Å². The van der Waals surface area contributed by atoms with E-state index in [1.807, 2.05) is 6.08 Å². The molecule has 16 heavy (non-hydrogen) atoms. The second-order valence-corrected chi connectivity index (χ2v) is 4.44. The van der Waals surface area contributed by atoms with Crippen LogP contribution >= 0.6 is 0 Å². The molecule has 0 bridgehead atoms. The lowest BCUT2D eigenvalue weighted by molar-refractivity contribution is -0.120. The van der Waals surface area contributed by atoms with Gasteiger partial charge in [-0.05, 0) is 45.6 Å². The third-order valence-corrected chi connectivity index (χ3v) is 3.17. The minimum atomic E-state index is 0.181. The van der Waals surface area contributed by atoms with Gasteiger partial charge in [-0.25, -0.2) is 0 Å². The van der Waals surface area contributed by atoms with Gasteiger partial charge in [0.05, 0.1) is 0 Å². The monoisotopic (exact) mass is 225 g/mol. The summed E-state index contributed by atoms with van der Waals surface area (Å²) >= 11 is 0. The van der Waals surface area contributed by atoms with Gasteiger partial charge in [0.1, 0.15) is 5.78 Å². The molecule has 0 spiro atoms. The SMILES string of the molecule is C=CCC(CCCNC(CC)CC)C(C)=O. The molecule has 0 aliphatic heterocycles. The van der Waals surface area contributed by atoms with E-state index in [1.165, 1.54) is 12.8 Å². The molecule has 0 aliphatic rings. The van der Waals surface area contributed by atoms with Crippen LogP contribution in [0.25, 0.3) is 0 Å². The van der Waals surface area contributed by atoms with Crippen LogP contribution in [0, 0.1) is 5.92 Å². The van der Waals surface area contributed by atoms with Crippen LogP contribution in [0.3, 0.4) is 0 Å². The van der Waals surface area contributed by atoms with Crippen LogP contribution in [0.4, 0.5) is 0 Å². The van der Waals surface area contributed by atoms with Crippen LogP contribution < -0.4 is 5.32 Å². The topological polar surface area (TPSA) is 29.1 Å². The van der Waals surface area contributed by atoms with E-state index in [2.05, 4.69) is 25.7 Å². The first-order chi connectivity index (χ1) is 7.65. The summed E-state index contributed by atoms with van der Waals surface area (Å²) in [5.41, 5.74) is 0. The zero-order chi connectivity index (χ0) is 12.4. The lowest BCUT2D eigenvalue weighted by atomic mass is 9.95. The molecule has 0 rings (SSSR count). The van der Waals surface area contributed by atoms with Crippen LogP contribution in [-0.4, -0.2) is 18.4 Å². The third kappa shape index (κ3) is 6.78. The van der Waals surface area contributed by atoms with Crippen molar-refractivity contribution < 1.29 is 4.79 Å². The van der Waals surface area contributed by atoms with E-state index in [0.29, 0.717) is 11.8 Å². The first kappa shape index (κ1) is 15.4. The van der Waals surface area contributed by atoms with Crippen LogP contribution in [0.5, 0.6) is 0 Å². The number of Topliss-reactive ketones (excluding diaryl/α,β-unsaturated/α-hetero) is 1. The second-order valence-electron chi connectivity index (χ2n) is 4.44. The Morgan fingerprint density at radius 1 is 1.38 bits per heavy atom. The Morgan fingerprint density at radius 3 is 2.44 bits per heavy atom. The Morgan fingerprint density at radius 2 is 2.00 bits per heavy atom. The molecule has 1 unspecified atom stereocenters. The quantitative estimate of drug-likeness (QED) is 0.456. The molecule has 0 aromatic carbocycles. The number of hydrogen-bond acceptors (Lipinski definition) is 2. The van der Waals surface area contributed by atoms with Crippen molar-refractivity contribution in [2.45, 2.75) is 58.9 Å². The zero-order valence-electron chi connectivity index (χ0n) is 11.1. The highest BCUT2D eigenvalue weighted by molar-refractivity contribution is 5.78. The Bertz CT molecular complexity index is 197. The number of nitrogens with one attached hydrogen (secondary N) is 1. The van der Waals surface area contributed by atoms with E-state index in [9.17, 15) is 4.79 Å². The summed E-state index contributed by atoms with van der Waals surface area (Å²) in [5.74, 6) is 0.475. The number of allylic oxidation sites excluding steroid dienone is 1. The molecule has 0 radical (unpaired) electrons. The average molecular weight is 225 g/mol. The maximum absolute atomic E-state index is 11.3. The van der Waals surface area contributed by atoms with Gasteiger partial charge < -0.3 is 5.32 Å². The maximum atomic E-state index is 11.3. The van der Waals surface area contributed by atoms with Gasteiger partial charge in [-0.1, -0.05) is 19.9 Å². The van der Waals surface area contributed by atoms with Gasteiger partial charge >= 0.3 is 0 Å². The fourth-order valence-corrected chi connectivity index (χ4v) is 1.92. The Balaban J connectivity index is 3.69. The predicted octanol–water partition coefficient (Wildman–Crippen LogP) is 3.33. The fraction of sp³-hybridized carbons (Fsp3) is 0.786. The van der Waals surface area contributed by atoms with E-state index in [1.54, 1.807) is 6.92 Å². The van der Waals surface area contributed by atoms with Crippen molar-refractivity contribution in [1.82, 2.24) is 5.32 Å². The van der Waals surface area contributed by atoms with Gasteiger partial charge in [0, 0.05) is 12.0 Å². The van der Waals surface area contributed by atoms with Gasteiger partial charge in [-0.15, -0.1) is 6.58 Å². The molecule has 2 heteroatoms. The molecule has 0 saturated heterocycles. The molecule has 0 fully saturated rings. The smallest absolute Gasteiger partial charge is 0.133 e. The molecule has 94 valence electrons. The molecule has 0 aromatic heterocycles. The van der Waals surface area contributed by atoms with Gasteiger partial charge in [0.2, 0.25) is 0 Å². The van der Waals surface area contributed by atoms with E-state index in [-0.39, 0.29) is 5.92 Å².